The monoisotopic (exact) mass is 553 g/mol. The second-order valence-electron chi connectivity index (χ2n) is 10.6. The maximum absolute atomic E-state index is 13.5. The summed E-state index contributed by atoms with van der Waals surface area (Å²) < 4.78 is 51.6. The molecule has 0 aromatic heterocycles. The van der Waals surface area contributed by atoms with E-state index in [1.54, 1.807) is 51.1 Å². The Morgan fingerprint density at radius 3 is 2.53 bits per heavy atom. The largest absolute Gasteiger partial charge is 0.444 e. The summed E-state index contributed by atoms with van der Waals surface area (Å²) in [6.07, 6.45) is -5.54. The van der Waals surface area contributed by atoms with Crippen LogP contribution in [0.5, 0.6) is 0 Å². The van der Waals surface area contributed by atoms with Gasteiger partial charge in [0.25, 0.3) is 0 Å². The lowest BCUT2D eigenvalue weighted by molar-refractivity contribution is -0.137. The second-order valence-corrected chi connectivity index (χ2v) is 11.1. The van der Waals surface area contributed by atoms with Crippen LogP contribution in [-0.2, 0) is 15.7 Å². The van der Waals surface area contributed by atoms with Crippen molar-refractivity contribution in [3.63, 3.8) is 0 Å². The average Bonchev–Trinajstić information content (AvgIpc) is 3.40. The Morgan fingerprint density at radius 2 is 1.87 bits per heavy atom. The Hall–Kier alpha value is -2.98. The van der Waals surface area contributed by atoms with Gasteiger partial charge < -0.3 is 14.8 Å². The molecule has 2 aliphatic rings. The number of ether oxygens (including phenoxy) is 2. The zero-order valence-electron chi connectivity index (χ0n) is 21.4. The number of nitrogens with zero attached hydrogens (tertiary/aromatic N) is 2. The smallest absolute Gasteiger partial charge is 0.416 e. The van der Waals surface area contributed by atoms with Crippen LogP contribution in [0.15, 0.2) is 48.5 Å². The Bertz CT molecular complexity index is 1150. The van der Waals surface area contributed by atoms with Crippen LogP contribution in [0.3, 0.4) is 0 Å². The van der Waals surface area contributed by atoms with Gasteiger partial charge in [0.15, 0.2) is 0 Å². The van der Waals surface area contributed by atoms with Crippen molar-refractivity contribution in [1.82, 2.24) is 10.2 Å². The maximum atomic E-state index is 13.5. The molecule has 0 bridgehead atoms. The van der Waals surface area contributed by atoms with E-state index in [-0.39, 0.29) is 5.92 Å². The quantitative estimate of drug-likeness (QED) is 0.456. The highest BCUT2D eigenvalue weighted by Gasteiger charge is 2.45. The summed E-state index contributed by atoms with van der Waals surface area (Å²) >= 11 is 6.01. The van der Waals surface area contributed by atoms with E-state index < -0.39 is 41.7 Å². The number of hydrogen-bond acceptors (Lipinski definition) is 5. The molecule has 2 amide bonds. The van der Waals surface area contributed by atoms with Crippen molar-refractivity contribution in [3.05, 3.63) is 64.7 Å². The van der Waals surface area contributed by atoms with E-state index in [1.807, 2.05) is 0 Å². The van der Waals surface area contributed by atoms with Crippen molar-refractivity contribution in [2.75, 3.05) is 31.1 Å². The summed E-state index contributed by atoms with van der Waals surface area (Å²) in [5.74, 6) is 0.166. The first-order valence-corrected chi connectivity index (χ1v) is 12.8. The summed E-state index contributed by atoms with van der Waals surface area (Å²) in [6.45, 7) is 7.48. The normalized spacial score (nSPS) is 22.4. The molecule has 2 heterocycles. The Morgan fingerprint density at radius 1 is 1.16 bits per heavy atom. The average molecular weight is 554 g/mol. The minimum Gasteiger partial charge on any atom is -0.444 e. The number of rotatable bonds is 6. The summed E-state index contributed by atoms with van der Waals surface area (Å²) in [4.78, 5) is 28.5. The number of cyclic esters (lactones) is 1. The number of anilines is 1. The molecule has 0 radical (unpaired) electrons. The van der Waals surface area contributed by atoms with Gasteiger partial charge in [-0.15, -0.1) is 0 Å². The number of alkyl carbamates (subject to hydrolysis) is 1. The molecule has 1 N–H and O–H groups in total. The lowest BCUT2D eigenvalue weighted by Crippen LogP contribution is -2.38. The highest BCUT2D eigenvalue weighted by atomic mass is 35.5. The molecule has 2 aromatic rings. The number of carbonyl (C=O) groups is 2. The van der Waals surface area contributed by atoms with Crippen molar-refractivity contribution in [3.8, 4) is 0 Å². The molecule has 2 aromatic carbocycles. The fourth-order valence-electron chi connectivity index (χ4n) is 4.84. The van der Waals surface area contributed by atoms with Crippen molar-refractivity contribution in [2.45, 2.75) is 51.1 Å². The summed E-state index contributed by atoms with van der Waals surface area (Å²) in [5, 5.41) is 3.26. The van der Waals surface area contributed by atoms with Gasteiger partial charge in [-0.1, -0.05) is 23.7 Å². The van der Waals surface area contributed by atoms with Crippen LogP contribution < -0.4 is 10.2 Å². The summed E-state index contributed by atoms with van der Waals surface area (Å²) in [7, 11) is 0. The number of amides is 2. The zero-order chi connectivity index (χ0) is 27.7. The van der Waals surface area contributed by atoms with Gasteiger partial charge in [-0.2, -0.15) is 13.2 Å². The Balaban J connectivity index is 1.51. The van der Waals surface area contributed by atoms with Crippen LogP contribution in [0.2, 0.25) is 5.02 Å². The molecule has 11 heteroatoms. The van der Waals surface area contributed by atoms with Crippen LogP contribution >= 0.6 is 11.6 Å². The first kappa shape index (κ1) is 28.0. The SMILES string of the molecule is CC(C)(C)OC(=O)NCC1CCN(C[C@@H]2OC(=O)N(c3ccc(Cl)cc3)[C@H]2c2cccc(C(F)(F)F)c2)C1. The highest BCUT2D eigenvalue weighted by Crippen LogP contribution is 2.40. The predicted octanol–water partition coefficient (Wildman–Crippen LogP) is 6.27. The van der Waals surface area contributed by atoms with Crippen molar-refractivity contribution in [1.29, 1.82) is 0 Å². The molecule has 206 valence electrons. The molecule has 7 nitrogen and oxygen atoms in total. The summed E-state index contributed by atoms with van der Waals surface area (Å²) in [5.41, 5.74) is -0.580. The fraction of sp³-hybridized carbons (Fsp3) is 0.481. The van der Waals surface area contributed by atoms with Crippen molar-refractivity contribution < 1.29 is 32.2 Å². The number of likely N-dealkylation sites (tertiary alicyclic amines) is 1. The molecule has 1 unspecified atom stereocenters. The third-order valence-electron chi connectivity index (χ3n) is 6.48. The lowest BCUT2D eigenvalue weighted by Gasteiger charge is -2.28. The van der Waals surface area contributed by atoms with Crippen LogP contribution in [0.25, 0.3) is 0 Å². The van der Waals surface area contributed by atoms with E-state index in [2.05, 4.69) is 10.2 Å². The number of carbonyl (C=O) groups excluding carboxylic acids is 2. The molecule has 3 atom stereocenters. The lowest BCUT2D eigenvalue weighted by atomic mass is 9.97. The van der Waals surface area contributed by atoms with E-state index in [1.165, 1.54) is 11.0 Å². The molecular formula is C27H31ClF3N3O4. The van der Waals surface area contributed by atoms with Crippen LogP contribution in [0, 0.1) is 5.92 Å². The van der Waals surface area contributed by atoms with E-state index in [0.29, 0.717) is 42.5 Å². The van der Waals surface area contributed by atoms with Crippen LogP contribution in [-0.4, -0.2) is 55.0 Å². The standard InChI is InChI=1S/C27H31ClF3N3O4/c1-26(2,3)38-24(35)32-14-17-11-12-33(15-17)16-22-23(18-5-4-6-19(13-18)27(29,30)31)34(25(36)37-22)21-9-7-20(28)8-10-21/h4-10,13,17,22-23H,11-12,14-16H2,1-3H3,(H,32,35)/t17?,22-,23-/m0/s1. The van der Waals surface area contributed by atoms with E-state index in [9.17, 15) is 22.8 Å². The number of alkyl halides is 3. The van der Waals surface area contributed by atoms with Gasteiger partial charge in [0.2, 0.25) is 0 Å². The number of benzene rings is 2. The first-order valence-electron chi connectivity index (χ1n) is 12.4. The molecular weight excluding hydrogens is 523 g/mol. The van der Waals surface area contributed by atoms with Gasteiger partial charge in [-0.05, 0) is 81.6 Å². The number of nitrogens with one attached hydrogen (secondary N) is 1. The van der Waals surface area contributed by atoms with Crippen molar-refractivity contribution >= 4 is 29.5 Å². The molecule has 2 saturated heterocycles. The highest BCUT2D eigenvalue weighted by molar-refractivity contribution is 6.30. The molecule has 2 fully saturated rings. The minimum atomic E-state index is -4.52. The van der Waals surface area contributed by atoms with Gasteiger partial charge in [-0.3, -0.25) is 9.80 Å². The van der Waals surface area contributed by atoms with Gasteiger partial charge in [-0.25, -0.2) is 9.59 Å². The second kappa shape index (κ2) is 11.0. The van der Waals surface area contributed by atoms with Crippen molar-refractivity contribution in [2.24, 2.45) is 5.92 Å². The molecule has 0 aliphatic carbocycles. The molecule has 38 heavy (non-hydrogen) atoms. The Labute approximate surface area is 224 Å². The number of hydrogen-bond donors (Lipinski definition) is 1. The van der Waals surface area contributed by atoms with Gasteiger partial charge >= 0.3 is 18.4 Å². The Kier molecular flexibility index (Phi) is 8.13. The number of halogens is 4. The van der Waals surface area contributed by atoms with Gasteiger partial charge in [0.1, 0.15) is 17.7 Å². The van der Waals surface area contributed by atoms with E-state index >= 15 is 0 Å². The zero-order valence-corrected chi connectivity index (χ0v) is 22.2. The third-order valence-corrected chi connectivity index (χ3v) is 6.73. The van der Waals surface area contributed by atoms with E-state index in [4.69, 9.17) is 21.1 Å². The minimum absolute atomic E-state index is 0.166. The molecule has 0 saturated carbocycles. The summed E-state index contributed by atoms with van der Waals surface area (Å²) in [6, 6.07) is 10.7. The molecule has 4 rings (SSSR count). The van der Waals surface area contributed by atoms with E-state index in [0.717, 1.165) is 18.6 Å². The first-order chi connectivity index (χ1) is 17.8. The topological polar surface area (TPSA) is 71.1 Å². The molecule has 2 aliphatic heterocycles. The third kappa shape index (κ3) is 6.91. The predicted molar refractivity (Wildman–Crippen MR) is 137 cm³/mol. The maximum Gasteiger partial charge on any atom is 0.416 e. The fourth-order valence-corrected chi connectivity index (χ4v) is 4.97. The van der Waals surface area contributed by atoms with Crippen LogP contribution in [0.1, 0.15) is 44.4 Å². The van der Waals surface area contributed by atoms with Gasteiger partial charge in [0, 0.05) is 30.3 Å². The molecule has 0 spiro atoms. The van der Waals surface area contributed by atoms with Crippen LogP contribution in [0.4, 0.5) is 28.4 Å². The van der Waals surface area contributed by atoms with Gasteiger partial charge in [0.05, 0.1) is 5.56 Å².